The van der Waals surface area contributed by atoms with E-state index in [1.807, 2.05) is 13.8 Å². The van der Waals surface area contributed by atoms with Gasteiger partial charge in [-0.2, -0.15) is 0 Å². The third kappa shape index (κ3) is 7.93. The second-order valence-electron chi connectivity index (χ2n) is 8.14. The van der Waals surface area contributed by atoms with Gasteiger partial charge < -0.3 is 10.2 Å². The van der Waals surface area contributed by atoms with Gasteiger partial charge in [0.15, 0.2) is 0 Å². The molecule has 0 saturated carbocycles. The first-order valence-electron chi connectivity index (χ1n) is 11.0. The molecular formula is C24H31FIN3O4S. The molecule has 34 heavy (non-hydrogen) atoms. The summed E-state index contributed by atoms with van der Waals surface area (Å²) in [5, 5.41) is 2.91. The number of hydrogen-bond donors (Lipinski definition) is 1. The number of nitrogens with zero attached hydrogens (tertiary/aromatic N) is 2. The number of anilines is 1. The molecule has 2 aromatic carbocycles. The van der Waals surface area contributed by atoms with E-state index >= 15 is 0 Å². The molecule has 0 radical (unpaired) electrons. The van der Waals surface area contributed by atoms with Crippen molar-refractivity contribution in [3.63, 3.8) is 0 Å². The average molecular weight is 603 g/mol. The van der Waals surface area contributed by atoms with Crippen LogP contribution in [0.2, 0.25) is 0 Å². The summed E-state index contributed by atoms with van der Waals surface area (Å²) in [5.41, 5.74) is 0.986. The second kappa shape index (κ2) is 12.5. The Kier molecular flexibility index (Phi) is 10.3. The molecule has 0 saturated heterocycles. The molecule has 0 aromatic heterocycles. The first kappa shape index (κ1) is 28.0. The normalized spacial score (nSPS) is 13.1. The molecule has 0 aliphatic rings. The molecule has 2 atom stereocenters. The number of nitrogens with one attached hydrogen (secondary N) is 1. The predicted molar refractivity (Wildman–Crippen MR) is 140 cm³/mol. The van der Waals surface area contributed by atoms with Crippen LogP contribution in [0.5, 0.6) is 0 Å². The summed E-state index contributed by atoms with van der Waals surface area (Å²) in [6, 6.07) is 11.5. The van der Waals surface area contributed by atoms with Gasteiger partial charge in [0.1, 0.15) is 18.4 Å². The molecular weight excluding hydrogens is 572 g/mol. The van der Waals surface area contributed by atoms with Gasteiger partial charge in [-0.15, -0.1) is 0 Å². The van der Waals surface area contributed by atoms with Crippen LogP contribution in [-0.2, 0) is 26.2 Å². The third-order valence-corrected chi connectivity index (χ3v) is 7.31. The van der Waals surface area contributed by atoms with E-state index in [2.05, 4.69) is 27.9 Å². The Bertz CT molecular complexity index is 1080. The van der Waals surface area contributed by atoms with Gasteiger partial charge in [-0.1, -0.05) is 26.0 Å². The number of benzene rings is 2. The first-order chi connectivity index (χ1) is 16.0. The van der Waals surface area contributed by atoms with Gasteiger partial charge in [0.2, 0.25) is 21.8 Å². The SMILES string of the molecule is CC[C@@H](C)NC(=O)[C@H](CC)N(Cc1ccc(F)cc1)C(=O)CN(c1ccc(I)cc1)S(C)(=O)=O. The van der Waals surface area contributed by atoms with Crippen molar-refractivity contribution in [1.29, 1.82) is 0 Å². The van der Waals surface area contributed by atoms with Gasteiger partial charge in [0.25, 0.3) is 0 Å². The zero-order valence-corrected chi connectivity index (χ0v) is 22.8. The number of sulfonamides is 1. The van der Waals surface area contributed by atoms with E-state index in [0.29, 0.717) is 17.7 Å². The smallest absolute Gasteiger partial charge is 0.244 e. The second-order valence-corrected chi connectivity index (χ2v) is 11.3. The summed E-state index contributed by atoms with van der Waals surface area (Å²) in [6.07, 6.45) is 2.09. The lowest BCUT2D eigenvalue weighted by atomic mass is 10.1. The van der Waals surface area contributed by atoms with E-state index in [1.54, 1.807) is 43.3 Å². The molecule has 2 amide bonds. The third-order valence-electron chi connectivity index (χ3n) is 5.45. The van der Waals surface area contributed by atoms with Crippen LogP contribution in [0, 0.1) is 9.39 Å². The van der Waals surface area contributed by atoms with Crippen molar-refractivity contribution >= 4 is 50.1 Å². The lowest BCUT2D eigenvalue weighted by Crippen LogP contribution is -2.53. The molecule has 0 unspecified atom stereocenters. The molecule has 0 heterocycles. The summed E-state index contributed by atoms with van der Waals surface area (Å²) >= 11 is 2.11. The van der Waals surface area contributed by atoms with Crippen LogP contribution in [0.3, 0.4) is 0 Å². The van der Waals surface area contributed by atoms with Crippen LogP contribution in [0.25, 0.3) is 0 Å². The summed E-state index contributed by atoms with van der Waals surface area (Å²) in [6.45, 7) is 5.18. The highest BCUT2D eigenvalue weighted by atomic mass is 127. The molecule has 0 aliphatic carbocycles. The minimum atomic E-state index is -3.78. The van der Waals surface area contributed by atoms with Crippen molar-refractivity contribution in [3.05, 3.63) is 63.5 Å². The molecule has 2 rings (SSSR count). The van der Waals surface area contributed by atoms with Crippen molar-refractivity contribution in [2.75, 3.05) is 17.1 Å². The molecule has 0 aliphatic heterocycles. The highest BCUT2D eigenvalue weighted by molar-refractivity contribution is 14.1. The van der Waals surface area contributed by atoms with Crippen LogP contribution in [0.15, 0.2) is 48.5 Å². The fourth-order valence-corrected chi connectivity index (χ4v) is 4.58. The highest BCUT2D eigenvalue weighted by Crippen LogP contribution is 2.21. The number of halogens is 2. The summed E-state index contributed by atoms with van der Waals surface area (Å²) in [4.78, 5) is 27.9. The monoisotopic (exact) mass is 603 g/mol. The minimum absolute atomic E-state index is 0.0375. The zero-order valence-electron chi connectivity index (χ0n) is 19.8. The van der Waals surface area contributed by atoms with Crippen LogP contribution in [0.1, 0.15) is 39.2 Å². The fourth-order valence-electron chi connectivity index (χ4n) is 3.37. The molecule has 0 fully saturated rings. The molecule has 10 heteroatoms. The Balaban J connectivity index is 2.41. The minimum Gasteiger partial charge on any atom is -0.352 e. The topological polar surface area (TPSA) is 86.8 Å². The van der Waals surface area contributed by atoms with E-state index in [4.69, 9.17) is 0 Å². The maximum atomic E-state index is 13.5. The van der Waals surface area contributed by atoms with Gasteiger partial charge >= 0.3 is 0 Å². The highest BCUT2D eigenvalue weighted by Gasteiger charge is 2.32. The van der Waals surface area contributed by atoms with Gasteiger partial charge in [0, 0.05) is 16.2 Å². The predicted octanol–water partition coefficient (Wildman–Crippen LogP) is 3.92. The molecule has 0 spiro atoms. The van der Waals surface area contributed by atoms with E-state index in [1.165, 1.54) is 17.0 Å². The number of hydrogen-bond acceptors (Lipinski definition) is 4. The van der Waals surface area contributed by atoms with Crippen molar-refractivity contribution in [3.8, 4) is 0 Å². The van der Waals surface area contributed by atoms with Crippen LogP contribution < -0.4 is 9.62 Å². The fraction of sp³-hybridized carbons (Fsp3) is 0.417. The lowest BCUT2D eigenvalue weighted by molar-refractivity contribution is -0.140. The number of carbonyl (C=O) groups is 2. The first-order valence-corrected chi connectivity index (χ1v) is 14.0. The van der Waals surface area contributed by atoms with E-state index < -0.39 is 34.3 Å². The lowest BCUT2D eigenvalue weighted by Gasteiger charge is -2.33. The van der Waals surface area contributed by atoms with Gasteiger partial charge in [0.05, 0.1) is 11.9 Å². The van der Waals surface area contributed by atoms with Crippen molar-refractivity contribution in [2.24, 2.45) is 0 Å². The van der Waals surface area contributed by atoms with Crippen molar-refractivity contribution in [2.45, 2.75) is 52.2 Å². The Morgan fingerprint density at radius 3 is 2.12 bits per heavy atom. The number of rotatable bonds is 11. The molecule has 1 N–H and O–H groups in total. The van der Waals surface area contributed by atoms with Crippen LogP contribution >= 0.6 is 22.6 Å². The Hall–Kier alpha value is -2.21. The van der Waals surface area contributed by atoms with E-state index in [-0.39, 0.29) is 18.5 Å². The van der Waals surface area contributed by atoms with E-state index in [0.717, 1.165) is 20.6 Å². The Morgan fingerprint density at radius 2 is 1.62 bits per heavy atom. The molecule has 7 nitrogen and oxygen atoms in total. The Labute approximate surface area is 214 Å². The maximum Gasteiger partial charge on any atom is 0.244 e. The molecule has 0 bridgehead atoms. The van der Waals surface area contributed by atoms with Crippen molar-refractivity contribution in [1.82, 2.24) is 10.2 Å². The number of carbonyl (C=O) groups excluding carboxylic acids is 2. The van der Waals surface area contributed by atoms with Crippen LogP contribution in [-0.4, -0.2) is 50.0 Å². The Morgan fingerprint density at radius 1 is 1.03 bits per heavy atom. The van der Waals surface area contributed by atoms with Crippen molar-refractivity contribution < 1.29 is 22.4 Å². The zero-order chi connectivity index (χ0) is 25.5. The summed E-state index contributed by atoms with van der Waals surface area (Å²) in [5.74, 6) is -1.25. The quantitative estimate of drug-likeness (QED) is 0.395. The standard InChI is InChI=1S/C24H31FIN3O4S/c1-5-17(3)27-24(31)22(6-2)28(15-18-7-9-19(25)10-8-18)23(30)16-29(34(4,32)33)21-13-11-20(26)12-14-21/h7-14,17,22H,5-6,15-16H2,1-4H3,(H,27,31)/t17-,22+/m1/s1. The number of amides is 2. The van der Waals surface area contributed by atoms with Gasteiger partial charge in [-0.05, 0) is 84.3 Å². The van der Waals surface area contributed by atoms with Crippen LogP contribution in [0.4, 0.5) is 10.1 Å². The van der Waals surface area contributed by atoms with Gasteiger partial charge in [-0.25, -0.2) is 12.8 Å². The maximum absolute atomic E-state index is 13.5. The molecule has 186 valence electrons. The van der Waals surface area contributed by atoms with Gasteiger partial charge in [-0.3, -0.25) is 13.9 Å². The van der Waals surface area contributed by atoms with E-state index in [9.17, 15) is 22.4 Å². The summed E-state index contributed by atoms with van der Waals surface area (Å²) < 4.78 is 40.5. The molecule has 2 aromatic rings. The average Bonchev–Trinajstić information content (AvgIpc) is 2.78. The summed E-state index contributed by atoms with van der Waals surface area (Å²) in [7, 11) is -3.78. The largest absolute Gasteiger partial charge is 0.352 e.